The quantitative estimate of drug-likeness (QED) is 0.697. The monoisotopic (exact) mass is 371 g/mol. The van der Waals surface area contributed by atoms with Gasteiger partial charge >= 0.3 is 0 Å². The van der Waals surface area contributed by atoms with Crippen molar-refractivity contribution in [2.45, 2.75) is 25.2 Å². The Morgan fingerprint density at radius 1 is 0.893 bits per heavy atom. The number of anilines is 1. The SMILES string of the molecule is Cc1ccc(-c2ccccc2)cc1NC(=O)C1(c2ccc3c(c2)OCO3)CC1. The summed E-state index contributed by atoms with van der Waals surface area (Å²) in [6.07, 6.45) is 1.69. The van der Waals surface area contributed by atoms with E-state index in [4.69, 9.17) is 9.47 Å². The molecule has 1 saturated carbocycles. The third kappa shape index (κ3) is 2.82. The first kappa shape index (κ1) is 16.9. The van der Waals surface area contributed by atoms with E-state index >= 15 is 0 Å². The number of amides is 1. The van der Waals surface area contributed by atoms with Crippen LogP contribution in [0.3, 0.4) is 0 Å². The molecule has 1 aliphatic carbocycles. The van der Waals surface area contributed by atoms with Crippen LogP contribution in [-0.4, -0.2) is 12.7 Å². The summed E-state index contributed by atoms with van der Waals surface area (Å²) in [6.45, 7) is 2.26. The van der Waals surface area contributed by atoms with Crippen molar-refractivity contribution < 1.29 is 14.3 Å². The largest absolute Gasteiger partial charge is 0.454 e. The minimum atomic E-state index is -0.476. The van der Waals surface area contributed by atoms with Gasteiger partial charge in [-0.2, -0.15) is 0 Å². The Labute approximate surface area is 164 Å². The van der Waals surface area contributed by atoms with E-state index in [1.54, 1.807) is 0 Å². The predicted octanol–water partition coefficient (Wildman–Crippen LogP) is 5.06. The molecule has 1 aliphatic heterocycles. The summed E-state index contributed by atoms with van der Waals surface area (Å²) in [5.74, 6) is 1.50. The maximum absolute atomic E-state index is 13.2. The third-order valence-electron chi connectivity index (χ3n) is 5.70. The number of nitrogens with one attached hydrogen (secondary N) is 1. The molecule has 28 heavy (non-hydrogen) atoms. The van der Waals surface area contributed by atoms with E-state index < -0.39 is 5.41 Å². The van der Waals surface area contributed by atoms with Gasteiger partial charge in [-0.15, -0.1) is 0 Å². The Kier molecular flexibility index (Phi) is 3.86. The van der Waals surface area contributed by atoms with Crippen molar-refractivity contribution in [1.29, 1.82) is 0 Å². The smallest absolute Gasteiger partial charge is 0.235 e. The zero-order valence-corrected chi connectivity index (χ0v) is 15.7. The minimum absolute atomic E-state index is 0.0414. The van der Waals surface area contributed by atoms with Gasteiger partial charge in [0.15, 0.2) is 11.5 Å². The molecular formula is C24H21NO3. The van der Waals surface area contributed by atoms with Gasteiger partial charge in [0.25, 0.3) is 0 Å². The van der Waals surface area contributed by atoms with Crippen molar-refractivity contribution in [3.8, 4) is 22.6 Å². The number of aryl methyl sites for hydroxylation is 1. The predicted molar refractivity (Wildman–Crippen MR) is 109 cm³/mol. The molecule has 0 saturated heterocycles. The van der Waals surface area contributed by atoms with E-state index in [0.717, 1.165) is 52.3 Å². The molecule has 1 amide bonds. The van der Waals surface area contributed by atoms with E-state index in [9.17, 15) is 4.79 Å². The van der Waals surface area contributed by atoms with Gasteiger partial charge in [0.1, 0.15) is 0 Å². The van der Waals surface area contributed by atoms with Crippen LogP contribution in [0.5, 0.6) is 11.5 Å². The van der Waals surface area contributed by atoms with E-state index in [1.807, 2.05) is 43.3 Å². The highest BCUT2D eigenvalue weighted by molar-refractivity contribution is 6.02. The zero-order valence-electron chi connectivity index (χ0n) is 15.7. The lowest BCUT2D eigenvalue weighted by atomic mass is 9.94. The summed E-state index contributed by atoms with van der Waals surface area (Å²) in [7, 11) is 0. The zero-order chi connectivity index (χ0) is 19.1. The standard InChI is InChI=1S/C24H21NO3/c1-16-7-8-18(17-5-3-2-4-6-17)13-20(16)25-23(26)24(11-12-24)19-9-10-21-22(14-19)28-15-27-21/h2-10,13-14H,11-12,15H2,1H3,(H,25,26). The number of fused-ring (bicyclic) bond motifs is 1. The molecule has 0 spiro atoms. The molecular weight excluding hydrogens is 350 g/mol. The Morgan fingerprint density at radius 2 is 1.68 bits per heavy atom. The van der Waals surface area contributed by atoms with Gasteiger partial charge in [-0.1, -0.05) is 48.5 Å². The van der Waals surface area contributed by atoms with Crippen molar-refractivity contribution in [2.75, 3.05) is 12.1 Å². The molecule has 3 aromatic carbocycles. The molecule has 2 aliphatic rings. The molecule has 140 valence electrons. The fourth-order valence-electron chi connectivity index (χ4n) is 3.77. The van der Waals surface area contributed by atoms with Crippen molar-refractivity contribution in [2.24, 2.45) is 0 Å². The van der Waals surface area contributed by atoms with E-state index in [2.05, 4.69) is 35.6 Å². The number of benzene rings is 3. The number of hydrogen-bond acceptors (Lipinski definition) is 3. The first-order valence-electron chi connectivity index (χ1n) is 9.53. The molecule has 1 N–H and O–H groups in total. The fourth-order valence-corrected chi connectivity index (χ4v) is 3.77. The molecule has 0 unspecified atom stereocenters. The lowest BCUT2D eigenvalue weighted by Crippen LogP contribution is -2.28. The summed E-state index contributed by atoms with van der Waals surface area (Å²) in [6, 6.07) is 22.2. The van der Waals surface area contributed by atoms with E-state index in [-0.39, 0.29) is 12.7 Å². The Bertz CT molecular complexity index is 1050. The Balaban J connectivity index is 1.43. The third-order valence-corrected chi connectivity index (χ3v) is 5.70. The molecule has 0 atom stereocenters. The first-order chi connectivity index (χ1) is 13.7. The van der Waals surface area contributed by atoms with Crippen molar-refractivity contribution in [1.82, 2.24) is 0 Å². The van der Waals surface area contributed by atoms with Crippen LogP contribution in [0, 0.1) is 6.92 Å². The van der Waals surface area contributed by atoms with Crippen LogP contribution in [0.1, 0.15) is 24.0 Å². The van der Waals surface area contributed by atoms with Gasteiger partial charge < -0.3 is 14.8 Å². The molecule has 0 bridgehead atoms. The topological polar surface area (TPSA) is 47.6 Å². The maximum Gasteiger partial charge on any atom is 0.235 e. The summed E-state index contributed by atoms with van der Waals surface area (Å²) < 4.78 is 10.9. The van der Waals surface area contributed by atoms with E-state index in [0.29, 0.717) is 0 Å². The molecule has 1 heterocycles. The number of ether oxygens (including phenoxy) is 2. The van der Waals surface area contributed by atoms with Crippen LogP contribution < -0.4 is 14.8 Å². The lowest BCUT2D eigenvalue weighted by molar-refractivity contribution is -0.118. The van der Waals surface area contributed by atoms with Crippen LogP contribution in [0.4, 0.5) is 5.69 Å². The average molecular weight is 371 g/mol. The van der Waals surface area contributed by atoms with Crippen molar-refractivity contribution in [3.05, 3.63) is 77.9 Å². The maximum atomic E-state index is 13.2. The normalized spacial score (nSPS) is 15.9. The molecule has 0 aromatic heterocycles. The second-order valence-electron chi connectivity index (χ2n) is 7.50. The average Bonchev–Trinajstić information content (AvgIpc) is 3.41. The van der Waals surface area contributed by atoms with Gasteiger partial charge in [-0.25, -0.2) is 0 Å². The van der Waals surface area contributed by atoms with Crippen molar-refractivity contribution in [3.63, 3.8) is 0 Å². The van der Waals surface area contributed by atoms with E-state index in [1.165, 1.54) is 0 Å². The highest BCUT2D eigenvalue weighted by atomic mass is 16.7. The minimum Gasteiger partial charge on any atom is -0.454 e. The highest BCUT2D eigenvalue weighted by Crippen LogP contribution is 2.51. The Hall–Kier alpha value is -3.27. The van der Waals surface area contributed by atoms with Crippen LogP contribution in [0.25, 0.3) is 11.1 Å². The summed E-state index contributed by atoms with van der Waals surface area (Å²) in [5, 5.41) is 3.18. The van der Waals surface area contributed by atoms with Gasteiger partial charge in [0.05, 0.1) is 5.41 Å². The van der Waals surface area contributed by atoms with Gasteiger partial charge in [0, 0.05) is 5.69 Å². The number of hydrogen-bond donors (Lipinski definition) is 1. The van der Waals surface area contributed by atoms with Crippen LogP contribution in [0.15, 0.2) is 66.7 Å². The van der Waals surface area contributed by atoms with Crippen LogP contribution in [0.2, 0.25) is 0 Å². The number of rotatable bonds is 4. The molecule has 4 heteroatoms. The Morgan fingerprint density at radius 3 is 2.46 bits per heavy atom. The highest BCUT2D eigenvalue weighted by Gasteiger charge is 2.51. The van der Waals surface area contributed by atoms with Crippen molar-refractivity contribution >= 4 is 11.6 Å². The summed E-state index contributed by atoms with van der Waals surface area (Å²) in [5.41, 5.74) is 4.65. The second-order valence-corrected chi connectivity index (χ2v) is 7.50. The van der Waals surface area contributed by atoms with Crippen LogP contribution in [-0.2, 0) is 10.2 Å². The molecule has 5 rings (SSSR count). The summed E-state index contributed by atoms with van der Waals surface area (Å²) >= 11 is 0. The first-order valence-corrected chi connectivity index (χ1v) is 9.53. The molecule has 1 fully saturated rings. The number of carbonyl (C=O) groups is 1. The fraction of sp³-hybridized carbons (Fsp3) is 0.208. The summed E-state index contributed by atoms with van der Waals surface area (Å²) in [4.78, 5) is 13.2. The molecule has 0 radical (unpaired) electrons. The van der Waals surface area contributed by atoms with Gasteiger partial charge in [-0.3, -0.25) is 4.79 Å². The van der Waals surface area contributed by atoms with Gasteiger partial charge in [-0.05, 0) is 60.2 Å². The van der Waals surface area contributed by atoms with Gasteiger partial charge in [0.2, 0.25) is 12.7 Å². The molecule has 3 aromatic rings. The molecule has 4 nitrogen and oxygen atoms in total. The van der Waals surface area contributed by atoms with Crippen LogP contribution >= 0.6 is 0 Å². The second kappa shape index (κ2) is 6.41. The number of carbonyl (C=O) groups excluding carboxylic acids is 1. The lowest BCUT2D eigenvalue weighted by Gasteiger charge is -2.18.